The van der Waals surface area contributed by atoms with Gasteiger partial charge in [-0.3, -0.25) is 4.90 Å². The zero-order valence-corrected chi connectivity index (χ0v) is 10.9. The summed E-state index contributed by atoms with van der Waals surface area (Å²) < 4.78 is 0. The van der Waals surface area contributed by atoms with Gasteiger partial charge in [0, 0.05) is 24.4 Å². The van der Waals surface area contributed by atoms with E-state index in [4.69, 9.17) is 0 Å². The Balaban J connectivity index is 1.92. The lowest BCUT2D eigenvalue weighted by Gasteiger charge is -2.31. The normalized spacial score (nSPS) is 34.6. The first-order valence-corrected chi connectivity index (χ1v) is 7.48. The molecule has 0 amide bonds. The Morgan fingerprint density at radius 2 is 2.27 bits per heavy atom. The minimum atomic E-state index is 0.707. The summed E-state index contributed by atoms with van der Waals surface area (Å²) in [5.74, 6) is 3.51. The molecule has 2 saturated heterocycles. The Bertz CT molecular complexity index is 190. The molecule has 88 valence electrons. The van der Waals surface area contributed by atoms with Crippen LogP contribution in [0.15, 0.2) is 0 Å². The van der Waals surface area contributed by atoms with Crippen molar-refractivity contribution in [2.75, 3.05) is 31.1 Å². The Labute approximate surface area is 98.2 Å². The SMILES string of the molecule is CC(C)C1CN(C2CCSC2)CCCN1. The maximum absolute atomic E-state index is 3.69. The van der Waals surface area contributed by atoms with Crippen LogP contribution in [-0.4, -0.2) is 48.1 Å². The van der Waals surface area contributed by atoms with Gasteiger partial charge in [0.25, 0.3) is 0 Å². The maximum atomic E-state index is 3.69. The molecule has 0 bridgehead atoms. The van der Waals surface area contributed by atoms with Crippen molar-refractivity contribution in [1.29, 1.82) is 0 Å². The Hall–Kier alpha value is 0.270. The van der Waals surface area contributed by atoms with Crippen LogP contribution in [0, 0.1) is 5.92 Å². The van der Waals surface area contributed by atoms with Crippen LogP contribution in [0.3, 0.4) is 0 Å². The van der Waals surface area contributed by atoms with Crippen molar-refractivity contribution in [3.63, 3.8) is 0 Å². The first-order valence-electron chi connectivity index (χ1n) is 6.32. The van der Waals surface area contributed by atoms with Crippen molar-refractivity contribution in [1.82, 2.24) is 10.2 Å². The van der Waals surface area contributed by atoms with E-state index in [0.29, 0.717) is 6.04 Å². The van der Waals surface area contributed by atoms with Gasteiger partial charge < -0.3 is 5.32 Å². The number of thioether (sulfide) groups is 1. The van der Waals surface area contributed by atoms with Crippen molar-refractivity contribution < 1.29 is 0 Å². The molecule has 0 radical (unpaired) electrons. The predicted molar refractivity (Wildman–Crippen MR) is 68.5 cm³/mol. The zero-order chi connectivity index (χ0) is 10.7. The summed E-state index contributed by atoms with van der Waals surface area (Å²) in [6.07, 6.45) is 2.74. The first-order chi connectivity index (χ1) is 7.27. The predicted octanol–water partition coefficient (Wildman–Crippen LogP) is 1.81. The lowest BCUT2D eigenvalue weighted by molar-refractivity contribution is 0.195. The van der Waals surface area contributed by atoms with Gasteiger partial charge >= 0.3 is 0 Å². The molecule has 0 aromatic carbocycles. The molecule has 0 saturated carbocycles. The van der Waals surface area contributed by atoms with Crippen LogP contribution in [0.4, 0.5) is 0 Å². The summed E-state index contributed by atoms with van der Waals surface area (Å²) in [5.41, 5.74) is 0. The van der Waals surface area contributed by atoms with Gasteiger partial charge in [0.1, 0.15) is 0 Å². The molecule has 2 unspecified atom stereocenters. The highest BCUT2D eigenvalue weighted by Gasteiger charge is 2.27. The zero-order valence-electron chi connectivity index (χ0n) is 10.0. The molecule has 0 aromatic heterocycles. The van der Waals surface area contributed by atoms with Crippen LogP contribution >= 0.6 is 11.8 Å². The van der Waals surface area contributed by atoms with E-state index in [1.807, 2.05) is 0 Å². The third-order valence-electron chi connectivity index (χ3n) is 3.69. The van der Waals surface area contributed by atoms with Crippen LogP contribution in [0.1, 0.15) is 26.7 Å². The lowest BCUT2D eigenvalue weighted by atomic mass is 10.0. The monoisotopic (exact) mass is 228 g/mol. The molecule has 1 N–H and O–H groups in total. The van der Waals surface area contributed by atoms with Gasteiger partial charge in [0.2, 0.25) is 0 Å². The fourth-order valence-electron chi connectivity index (χ4n) is 2.57. The topological polar surface area (TPSA) is 15.3 Å². The minimum Gasteiger partial charge on any atom is -0.312 e. The molecule has 2 nitrogen and oxygen atoms in total. The van der Waals surface area contributed by atoms with Crippen LogP contribution < -0.4 is 5.32 Å². The smallest absolute Gasteiger partial charge is 0.0218 e. The van der Waals surface area contributed by atoms with E-state index >= 15 is 0 Å². The fraction of sp³-hybridized carbons (Fsp3) is 1.00. The third-order valence-corrected chi connectivity index (χ3v) is 4.83. The highest BCUT2D eigenvalue weighted by molar-refractivity contribution is 7.99. The second kappa shape index (κ2) is 5.55. The highest BCUT2D eigenvalue weighted by atomic mass is 32.2. The standard InChI is InChI=1S/C12H24N2S/c1-10(2)12-8-14(6-3-5-13-12)11-4-7-15-9-11/h10-13H,3-9H2,1-2H3. The first kappa shape index (κ1) is 11.7. The number of hydrogen-bond donors (Lipinski definition) is 1. The van der Waals surface area contributed by atoms with E-state index in [9.17, 15) is 0 Å². The summed E-state index contributed by atoms with van der Waals surface area (Å²) in [4.78, 5) is 2.74. The van der Waals surface area contributed by atoms with E-state index in [-0.39, 0.29) is 0 Å². The summed E-state index contributed by atoms with van der Waals surface area (Å²) in [6.45, 7) is 8.46. The maximum Gasteiger partial charge on any atom is 0.0218 e. The molecule has 2 aliphatic rings. The van der Waals surface area contributed by atoms with Gasteiger partial charge in [-0.25, -0.2) is 0 Å². The second-order valence-electron chi connectivity index (χ2n) is 5.17. The van der Waals surface area contributed by atoms with E-state index in [0.717, 1.165) is 12.0 Å². The van der Waals surface area contributed by atoms with Crippen molar-refractivity contribution in [2.24, 2.45) is 5.92 Å². The van der Waals surface area contributed by atoms with Crippen molar-refractivity contribution in [3.05, 3.63) is 0 Å². The molecule has 2 aliphatic heterocycles. The molecule has 2 fully saturated rings. The fourth-order valence-corrected chi connectivity index (χ4v) is 3.82. The van der Waals surface area contributed by atoms with Crippen LogP contribution in [-0.2, 0) is 0 Å². The quantitative estimate of drug-likeness (QED) is 0.776. The van der Waals surface area contributed by atoms with E-state index in [1.165, 1.54) is 44.0 Å². The second-order valence-corrected chi connectivity index (χ2v) is 6.32. The van der Waals surface area contributed by atoms with Gasteiger partial charge in [-0.2, -0.15) is 11.8 Å². The number of nitrogens with one attached hydrogen (secondary N) is 1. The molecule has 2 heterocycles. The Morgan fingerprint density at radius 1 is 1.40 bits per heavy atom. The van der Waals surface area contributed by atoms with E-state index < -0.39 is 0 Å². The van der Waals surface area contributed by atoms with Gasteiger partial charge in [-0.05, 0) is 37.6 Å². The van der Waals surface area contributed by atoms with Crippen LogP contribution in [0.25, 0.3) is 0 Å². The molecular weight excluding hydrogens is 204 g/mol. The molecule has 0 spiro atoms. The third kappa shape index (κ3) is 3.11. The van der Waals surface area contributed by atoms with Gasteiger partial charge in [-0.1, -0.05) is 13.8 Å². The Kier molecular flexibility index (Phi) is 4.35. The summed E-state index contributed by atoms with van der Waals surface area (Å²) in [7, 11) is 0. The van der Waals surface area contributed by atoms with Gasteiger partial charge in [-0.15, -0.1) is 0 Å². The summed E-state index contributed by atoms with van der Waals surface area (Å²) >= 11 is 2.13. The number of hydrogen-bond acceptors (Lipinski definition) is 3. The Morgan fingerprint density at radius 3 is 2.93 bits per heavy atom. The molecule has 15 heavy (non-hydrogen) atoms. The molecular formula is C12H24N2S. The molecule has 3 heteroatoms. The van der Waals surface area contributed by atoms with Gasteiger partial charge in [0.15, 0.2) is 0 Å². The molecule has 2 rings (SSSR count). The molecule has 0 aromatic rings. The van der Waals surface area contributed by atoms with Gasteiger partial charge in [0.05, 0.1) is 0 Å². The van der Waals surface area contributed by atoms with Crippen molar-refractivity contribution >= 4 is 11.8 Å². The average Bonchev–Trinajstić information content (AvgIpc) is 2.62. The molecule has 2 atom stereocenters. The average molecular weight is 228 g/mol. The molecule has 0 aliphatic carbocycles. The van der Waals surface area contributed by atoms with Crippen molar-refractivity contribution in [3.8, 4) is 0 Å². The summed E-state index contributed by atoms with van der Waals surface area (Å²) in [5, 5.41) is 3.69. The number of nitrogens with zero attached hydrogens (tertiary/aromatic N) is 1. The highest BCUT2D eigenvalue weighted by Crippen LogP contribution is 2.24. The lowest BCUT2D eigenvalue weighted by Crippen LogP contribution is -2.45. The van der Waals surface area contributed by atoms with Crippen LogP contribution in [0.5, 0.6) is 0 Å². The minimum absolute atomic E-state index is 0.707. The largest absolute Gasteiger partial charge is 0.312 e. The van der Waals surface area contributed by atoms with Crippen molar-refractivity contribution in [2.45, 2.75) is 38.8 Å². The number of rotatable bonds is 2. The summed E-state index contributed by atoms with van der Waals surface area (Å²) in [6, 6.07) is 1.58. The van der Waals surface area contributed by atoms with E-state index in [1.54, 1.807) is 0 Å². The van der Waals surface area contributed by atoms with E-state index in [2.05, 4.69) is 35.8 Å². The van der Waals surface area contributed by atoms with Crippen LogP contribution in [0.2, 0.25) is 0 Å².